The van der Waals surface area contributed by atoms with Gasteiger partial charge in [-0.25, -0.2) is 0 Å². The van der Waals surface area contributed by atoms with Gasteiger partial charge < -0.3 is 10.0 Å². The summed E-state index contributed by atoms with van der Waals surface area (Å²) in [5.74, 6) is 0. The Kier molecular flexibility index (Phi) is 4.83. The van der Waals surface area contributed by atoms with Gasteiger partial charge in [0.15, 0.2) is 0 Å². The van der Waals surface area contributed by atoms with Crippen LogP contribution in [0.25, 0.3) is 0 Å². The van der Waals surface area contributed by atoms with E-state index in [1.807, 2.05) is 36.4 Å². The van der Waals surface area contributed by atoms with Gasteiger partial charge in [0.2, 0.25) is 0 Å². The monoisotopic (exact) mass is 275 g/mol. The highest BCUT2D eigenvalue weighted by atomic mass is 35.5. The summed E-state index contributed by atoms with van der Waals surface area (Å²) in [6.45, 7) is 3.80. The van der Waals surface area contributed by atoms with Crippen LogP contribution in [0.4, 0.5) is 5.69 Å². The fourth-order valence-corrected chi connectivity index (χ4v) is 2.30. The molecule has 0 aliphatic heterocycles. The Balaban J connectivity index is 2.29. The molecule has 0 aromatic heterocycles. The van der Waals surface area contributed by atoms with Crippen molar-refractivity contribution < 1.29 is 5.11 Å². The molecule has 2 aromatic rings. The van der Waals surface area contributed by atoms with Gasteiger partial charge in [-0.3, -0.25) is 0 Å². The van der Waals surface area contributed by atoms with Crippen LogP contribution in [0.1, 0.15) is 18.1 Å². The summed E-state index contributed by atoms with van der Waals surface area (Å²) >= 11 is 6.07. The third-order valence-electron chi connectivity index (χ3n) is 3.16. The van der Waals surface area contributed by atoms with Crippen molar-refractivity contribution in [3.8, 4) is 0 Å². The maximum absolute atomic E-state index is 9.45. The normalized spacial score (nSPS) is 10.5. The van der Waals surface area contributed by atoms with Crippen molar-refractivity contribution >= 4 is 17.3 Å². The molecular formula is C16H18ClNO. The van der Waals surface area contributed by atoms with Gasteiger partial charge in [-0.1, -0.05) is 48.0 Å². The lowest BCUT2D eigenvalue weighted by Gasteiger charge is -2.25. The molecule has 0 saturated heterocycles. The SMILES string of the molecule is CCN(Cc1ccccc1)c1cc(Cl)ccc1CO. The number of benzene rings is 2. The maximum Gasteiger partial charge on any atom is 0.0702 e. The number of halogens is 1. The number of aliphatic hydroxyl groups excluding tert-OH is 1. The Morgan fingerprint density at radius 2 is 1.84 bits per heavy atom. The van der Waals surface area contributed by atoms with E-state index in [1.165, 1.54) is 5.56 Å². The molecule has 0 atom stereocenters. The van der Waals surface area contributed by atoms with Gasteiger partial charge in [0, 0.05) is 29.4 Å². The number of hydrogen-bond donors (Lipinski definition) is 1. The van der Waals surface area contributed by atoms with Crippen molar-refractivity contribution in [3.05, 3.63) is 64.7 Å². The van der Waals surface area contributed by atoms with Crippen LogP contribution in [0.5, 0.6) is 0 Å². The van der Waals surface area contributed by atoms with Crippen molar-refractivity contribution in [2.75, 3.05) is 11.4 Å². The standard InChI is InChI=1S/C16H18ClNO/c1-2-18(11-13-6-4-3-5-7-13)16-10-15(17)9-8-14(16)12-19/h3-10,19H,2,11-12H2,1H3. The molecule has 0 fully saturated rings. The predicted molar refractivity (Wildman–Crippen MR) is 80.5 cm³/mol. The molecule has 2 rings (SSSR count). The van der Waals surface area contributed by atoms with E-state index in [4.69, 9.17) is 11.6 Å². The molecule has 3 heteroatoms. The molecule has 0 spiro atoms. The number of nitrogens with zero attached hydrogens (tertiary/aromatic N) is 1. The Bertz CT molecular complexity index is 528. The van der Waals surface area contributed by atoms with E-state index in [9.17, 15) is 5.11 Å². The highest BCUT2D eigenvalue weighted by Gasteiger charge is 2.10. The first-order valence-electron chi connectivity index (χ1n) is 6.42. The van der Waals surface area contributed by atoms with E-state index in [1.54, 1.807) is 0 Å². The van der Waals surface area contributed by atoms with Crippen molar-refractivity contribution in [1.29, 1.82) is 0 Å². The molecule has 0 heterocycles. The van der Waals surface area contributed by atoms with Crippen LogP contribution in [0.3, 0.4) is 0 Å². The minimum absolute atomic E-state index is 0.0256. The van der Waals surface area contributed by atoms with Gasteiger partial charge in [-0.05, 0) is 24.6 Å². The lowest BCUT2D eigenvalue weighted by Crippen LogP contribution is -2.23. The first-order valence-corrected chi connectivity index (χ1v) is 6.80. The molecule has 0 saturated carbocycles. The molecule has 0 unspecified atom stereocenters. The number of hydrogen-bond acceptors (Lipinski definition) is 2. The second-order valence-corrected chi connectivity index (χ2v) is 4.87. The van der Waals surface area contributed by atoms with Crippen LogP contribution >= 0.6 is 11.6 Å². The summed E-state index contributed by atoms with van der Waals surface area (Å²) in [6.07, 6.45) is 0. The number of aliphatic hydroxyl groups is 1. The summed E-state index contributed by atoms with van der Waals surface area (Å²) in [4.78, 5) is 2.22. The molecule has 0 aliphatic rings. The van der Waals surface area contributed by atoms with Gasteiger partial charge in [0.25, 0.3) is 0 Å². The zero-order chi connectivity index (χ0) is 13.7. The summed E-state index contributed by atoms with van der Waals surface area (Å²) in [7, 11) is 0. The minimum atomic E-state index is 0.0256. The highest BCUT2D eigenvalue weighted by Crippen LogP contribution is 2.26. The second kappa shape index (κ2) is 6.60. The van der Waals surface area contributed by atoms with E-state index < -0.39 is 0 Å². The molecule has 19 heavy (non-hydrogen) atoms. The van der Waals surface area contributed by atoms with E-state index in [0.29, 0.717) is 5.02 Å². The molecule has 2 nitrogen and oxygen atoms in total. The van der Waals surface area contributed by atoms with E-state index in [2.05, 4.69) is 24.0 Å². The first-order chi connectivity index (χ1) is 9.24. The fourth-order valence-electron chi connectivity index (χ4n) is 2.14. The average molecular weight is 276 g/mol. The summed E-state index contributed by atoms with van der Waals surface area (Å²) < 4.78 is 0. The molecule has 100 valence electrons. The number of rotatable bonds is 5. The van der Waals surface area contributed by atoms with Gasteiger partial charge in [-0.2, -0.15) is 0 Å². The van der Waals surface area contributed by atoms with Crippen LogP contribution in [-0.4, -0.2) is 11.7 Å². The topological polar surface area (TPSA) is 23.5 Å². The second-order valence-electron chi connectivity index (χ2n) is 4.43. The third-order valence-corrected chi connectivity index (χ3v) is 3.39. The highest BCUT2D eigenvalue weighted by molar-refractivity contribution is 6.30. The predicted octanol–water partition coefficient (Wildman–Crippen LogP) is 3.86. The smallest absolute Gasteiger partial charge is 0.0702 e. The summed E-state index contributed by atoms with van der Waals surface area (Å²) in [5, 5.41) is 10.1. The van der Waals surface area contributed by atoms with Crippen LogP contribution < -0.4 is 4.90 Å². The average Bonchev–Trinajstić information content (AvgIpc) is 2.46. The quantitative estimate of drug-likeness (QED) is 0.896. The van der Waals surface area contributed by atoms with Gasteiger partial charge in [0.1, 0.15) is 0 Å². The van der Waals surface area contributed by atoms with Crippen molar-refractivity contribution in [3.63, 3.8) is 0 Å². The first kappa shape index (κ1) is 13.9. The van der Waals surface area contributed by atoms with E-state index >= 15 is 0 Å². The molecule has 0 amide bonds. The third kappa shape index (κ3) is 3.49. The Labute approximate surface area is 119 Å². The molecule has 2 aromatic carbocycles. The Hall–Kier alpha value is -1.51. The number of anilines is 1. The van der Waals surface area contributed by atoms with Crippen molar-refractivity contribution in [2.45, 2.75) is 20.1 Å². The van der Waals surface area contributed by atoms with Crippen molar-refractivity contribution in [1.82, 2.24) is 0 Å². The molecule has 1 N–H and O–H groups in total. The zero-order valence-electron chi connectivity index (χ0n) is 11.0. The molecule has 0 radical (unpaired) electrons. The Morgan fingerprint density at radius 3 is 2.47 bits per heavy atom. The van der Waals surface area contributed by atoms with Gasteiger partial charge >= 0.3 is 0 Å². The molecular weight excluding hydrogens is 258 g/mol. The lowest BCUT2D eigenvalue weighted by molar-refractivity contribution is 0.282. The van der Waals surface area contributed by atoms with Gasteiger partial charge in [-0.15, -0.1) is 0 Å². The molecule has 0 bridgehead atoms. The minimum Gasteiger partial charge on any atom is -0.392 e. The van der Waals surface area contributed by atoms with Gasteiger partial charge in [0.05, 0.1) is 6.61 Å². The van der Waals surface area contributed by atoms with Crippen LogP contribution in [0.2, 0.25) is 5.02 Å². The summed E-state index contributed by atoms with van der Waals surface area (Å²) in [5.41, 5.74) is 3.15. The molecule has 0 aliphatic carbocycles. The largest absolute Gasteiger partial charge is 0.392 e. The summed E-state index contributed by atoms with van der Waals surface area (Å²) in [6, 6.07) is 15.9. The van der Waals surface area contributed by atoms with Crippen molar-refractivity contribution in [2.24, 2.45) is 0 Å². The maximum atomic E-state index is 9.45. The van der Waals surface area contributed by atoms with E-state index in [0.717, 1.165) is 24.3 Å². The Morgan fingerprint density at radius 1 is 1.11 bits per heavy atom. The lowest BCUT2D eigenvalue weighted by atomic mass is 10.1. The van der Waals surface area contributed by atoms with Crippen LogP contribution in [-0.2, 0) is 13.2 Å². The fraction of sp³-hybridized carbons (Fsp3) is 0.250. The van der Waals surface area contributed by atoms with Crippen LogP contribution in [0, 0.1) is 0 Å². The van der Waals surface area contributed by atoms with E-state index in [-0.39, 0.29) is 6.61 Å². The van der Waals surface area contributed by atoms with Crippen LogP contribution in [0.15, 0.2) is 48.5 Å². The zero-order valence-corrected chi connectivity index (χ0v) is 11.8.